The zero-order chi connectivity index (χ0) is 13.0. The van der Waals surface area contributed by atoms with E-state index in [2.05, 4.69) is 17.0 Å². The monoisotopic (exact) mass is 239 g/mol. The van der Waals surface area contributed by atoms with E-state index in [0.717, 1.165) is 17.8 Å². The van der Waals surface area contributed by atoms with Gasteiger partial charge in [0.25, 0.3) is 0 Å². The van der Waals surface area contributed by atoms with Crippen LogP contribution in [0.4, 0.5) is 5.69 Å². The lowest BCUT2D eigenvalue weighted by Crippen LogP contribution is -2.17. The standard InChI is InChI=1S/C15H17N3/c1-18(11-12-6-3-2-4-7-12)14-9-5-8-13(10-14)15(16)17/h2-10H,11H2,1H3,(H3,16,17). The van der Waals surface area contributed by atoms with E-state index in [4.69, 9.17) is 11.1 Å². The highest BCUT2D eigenvalue weighted by Gasteiger charge is 2.04. The summed E-state index contributed by atoms with van der Waals surface area (Å²) in [6, 6.07) is 18.0. The lowest BCUT2D eigenvalue weighted by atomic mass is 10.1. The van der Waals surface area contributed by atoms with Crippen molar-refractivity contribution in [1.82, 2.24) is 0 Å². The van der Waals surface area contributed by atoms with Gasteiger partial charge in [0, 0.05) is 24.8 Å². The van der Waals surface area contributed by atoms with Gasteiger partial charge in [-0.1, -0.05) is 42.5 Å². The van der Waals surface area contributed by atoms with Gasteiger partial charge in [0.1, 0.15) is 5.84 Å². The van der Waals surface area contributed by atoms with Crippen LogP contribution < -0.4 is 10.6 Å². The van der Waals surface area contributed by atoms with Crippen LogP contribution in [0, 0.1) is 5.41 Å². The van der Waals surface area contributed by atoms with Crippen LogP contribution in [0.25, 0.3) is 0 Å². The molecule has 0 aromatic heterocycles. The molecule has 0 saturated heterocycles. The zero-order valence-electron chi connectivity index (χ0n) is 10.4. The zero-order valence-corrected chi connectivity index (χ0v) is 10.4. The van der Waals surface area contributed by atoms with Crippen LogP contribution in [0.15, 0.2) is 54.6 Å². The average Bonchev–Trinajstić information content (AvgIpc) is 2.40. The van der Waals surface area contributed by atoms with Gasteiger partial charge in [0.15, 0.2) is 0 Å². The van der Waals surface area contributed by atoms with Gasteiger partial charge < -0.3 is 10.6 Å². The van der Waals surface area contributed by atoms with E-state index in [1.54, 1.807) is 0 Å². The maximum absolute atomic E-state index is 7.45. The minimum Gasteiger partial charge on any atom is -0.384 e. The SMILES string of the molecule is CN(Cc1ccccc1)c1cccc(C(=N)N)c1. The van der Waals surface area contributed by atoms with Crippen LogP contribution >= 0.6 is 0 Å². The molecule has 0 atom stereocenters. The van der Waals surface area contributed by atoms with Gasteiger partial charge in [-0.2, -0.15) is 0 Å². The van der Waals surface area contributed by atoms with Gasteiger partial charge in [-0.25, -0.2) is 0 Å². The van der Waals surface area contributed by atoms with E-state index in [1.807, 2.05) is 49.5 Å². The fourth-order valence-corrected chi connectivity index (χ4v) is 1.86. The molecule has 0 aliphatic heterocycles. The summed E-state index contributed by atoms with van der Waals surface area (Å²) in [6.07, 6.45) is 0. The number of benzene rings is 2. The fraction of sp³-hybridized carbons (Fsp3) is 0.133. The van der Waals surface area contributed by atoms with E-state index >= 15 is 0 Å². The molecule has 2 aromatic rings. The van der Waals surface area contributed by atoms with Crippen molar-refractivity contribution in [2.24, 2.45) is 5.73 Å². The smallest absolute Gasteiger partial charge is 0.122 e. The lowest BCUT2D eigenvalue weighted by Gasteiger charge is -2.20. The molecule has 0 saturated carbocycles. The first-order valence-electron chi connectivity index (χ1n) is 5.86. The molecule has 2 rings (SSSR count). The number of nitrogens with one attached hydrogen (secondary N) is 1. The van der Waals surface area contributed by atoms with Crippen LogP contribution in [-0.4, -0.2) is 12.9 Å². The number of rotatable bonds is 4. The number of anilines is 1. The van der Waals surface area contributed by atoms with Gasteiger partial charge >= 0.3 is 0 Å². The summed E-state index contributed by atoms with van der Waals surface area (Å²) in [5, 5.41) is 7.45. The Bertz CT molecular complexity index is 534. The molecular weight excluding hydrogens is 222 g/mol. The van der Waals surface area contributed by atoms with Crippen molar-refractivity contribution in [3.05, 3.63) is 65.7 Å². The summed E-state index contributed by atoms with van der Waals surface area (Å²) < 4.78 is 0. The Morgan fingerprint density at radius 3 is 2.50 bits per heavy atom. The highest BCUT2D eigenvalue weighted by atomic mass is 15.1. The number of amidine groups is 1. The lowest BCUT2D eigenvalue weighted by molar-refractivity contribution is 0.923. The van der Waals surface area contributed by atoms with Crippen LogP contribution in [0.1, 0.15) is 11.1 Å². The topological polar surface area (TPSA) is 53.1 Å². The predicted octanol–water partition coefficient (Wildman–Crippen LogP) is 2.61. The molecule has 0 bridgehead atoms. The van der Waals surface area contributed by atoms with Gasteiger partial charge in [0.2, 0.25) is 0 Å². The summed E-state index contributed by atoms with van der Waals surface area (Å²) in [6.45, 7) is 0.836. The van der Waals surface area contributed by atoms with Gasteiger partial charge in [0.05, 0.1) is 0 Å². The number of nitrogens with two attached hydrogens (primary N) is 1. The summed E-state index contributed by atoms with van der Waals surface area (Å²) in [4.78, 5) is 2.14. The van der Waals surface area contributed by atoms with E-state index < -0.39 is 0 Å². The number of nitrogens with zero attached hydrogens (tertiary/aromatic N) is 1. The molecule has 3 N–H and O–H groups in total. The Kier molecular flexibility index (Phi) is 3.63. The predicted molar refractivity (Wildman–Crippen MR) is 76.0 cm³/mol. The fourth-order valence-electron chi connectivity index (χ4n) is 1.86. The highest BCUT2D eigenvalue weighted by molar-refractivity contribution is 5.95. The quantitative estimate of drug-likeness (QED) is 0.636. The molecule has 0 unspecified atom stereocenters. The molecule has 0 aliphatic carbocycles. The van der Waals surface area contributed by atoms with Crippen molar-refractivity contribution in [3.63, 3.8) is 0 Å². The average molecular weight is 239 g/mol. The van der Waals surface area contributed by atoms with Crippen LogP contribution in [-0.2, 0) is 6.54 Å². The summed E-state index contributed by atoms with van der Waals surface area (Å²) >= 11 is 0. The normalized spacial score (nSPS) is 10.1. The van der Waals surface area contributed by atoms with Crippen LogP contribution in [0.3, 0.4) is 0 Å². The highest BCUT2D eigenvalue weighted by Crippen LogP contribution is 2.17. The number of hydrogen-bond donors (Lipinski definition) is 2. The van der Waals surface area contributed by atoms with E-state index in [-0.39, 0.29) is 5.84 Å². The molecule has 0 radical (unpaired) electrons. The molecule has 18 heavy (non-hydrogen) atoms. The second-order valence-corrected chi connectivity index (χ2v) is 4.31. The Morgan fingerprint density at radius 1 is 1.11 bits per heavy atom. The third-order valence-electron chi connectivity index (χ3n) is 2.86. The second-order valence-electron chi connectivity index (χ2n) is 4.31. The van der Waals surface area contributed by atoms with E-state index in [9.17, 15) is 0 Å². The maximum atomic E-state index is 7.45. The van der Waals surface area contributed by atoms with Crippen molar-refractivity contribution in [1.29, 1.82) is 5.41 Å². The minimum atomic E-state index is 0.102. The van der Waals surface area contributed by atoms with Gasteiger partial charge in [-0.3, -0.25) is 5.41 Å². The Hall–Kier alpha value is -2.29. The van der Waals surface area contributed by atoms with Crippen molar-refractivity contribution in [3.8, 4) is 0 Å². The van der Waals surface area contributed by atoms with Gasteiger partial charge in [-0.15, -0.1) is 0 Å². The van der Waals surface area contributed by atoms with Crippen molar-refractivity contribution in [2.45, 2.75) is 6.54 Å². The molecule has 92 valence electrons. The molecule has 0 spiro atoms. The van der Waals surface area contributed by atoms with Crippen molar-refractivity contribution < 1.29 is 0 Å². The molecule has 2 aromatic carbocycles. The van der Waals surface area contributed by atoms with E-state index in [1.165, 1.54) is 5.56 Å². The number of nitrogen functional groups attached to an aromatic ring is 1. The Labute approximate surface area is 107 Å². The largest absolute Gasteiger partial charge is 0.384 e. The minimum absolute atomic E-state index is 0.102. The molecule has 0 amide bonds. The molecule has 0 fully saturated rings. The van der Waals surface area contributed by atoms with Crippen molar-refractivity contribution in [2.75, 3.05) is 11.9 Å². The third-order valence-corrected chi connectivity index (χ3v) is 2.86. The Morgan fingerprint density at radius 2 is 1.83 bits per heavy atom. The molecule has 0 heterocycles. The third kappa shape index (κ3) is 2.88. The first-order chi connectivity index (χ1) is 8.66. The summed E-state index contributed by atoms with van der Waals surface area (Å²) in [5.41, 5.74) is 8.58. The molecule has 3 nitrogen and oxygen atoms in total. The summed E-state index contributed by atoms with van der Waals surface area (Å²) in [7, 11) is 2.03. The maximum Gasteiger partial charge on any atom is 0.122 e. The van der Waals surface area contributed by atoms with Crippen LogP contribution in [0.5, 0.6) is 0 Å². The number of hydrogen-bond acceptors (Lipinski definition) is 2. The summed E-state index contributed by atoms with van der Waals surface area (Å²) in [5.74, 6) is 0.102. The van der Waals surface area contributed by atoms with Crippen LogP contribution in [0.2, 0.25) is 0 Å². The van der Waals surface area contributed by atoms with E-state index in [0.29, 0.717) is 0 Å². The molecular formula is C15H17N3. The first kappa shape index (κ1) is 12.2. The van der Waals surface area contributed by atoms with Gasteiger partial charge in [-0.05, 0) is 17.7 Å². The van der Waals surface area contributed by atoms with Crippen molar-refractivity contribution >= 4 is 11.5 Å². The molecule has 3 heteroatoms. The Balaban J connectivity index is 2.16. The first-order valence-corrected chi connectivity index (χ1v) is 5.86. The molecule has 0 aliphatic rings. The second kappa shape index (κ2) is 5.36.